The molecule has 0 spiro atoms. The van der Waals surface area contributed by atoms with Gasteiger partial charge in [-0.25, -0.2) is 8.78 Å². The maximum absolute atomic E-state index is 15.1. The van der Waals surface area contributed by atoms with Crippen LogP contribution in [0.25, 0.3) is 16.9 Å². The molecule has 0 radical (unpaired) electrons. The Labute approximate surface area is 185 Å². The van der Waals surface area contributed by atoms with Gasteiger partial charge < -0.3 is 15.0 Å². The quantitative estimate of drug-likeness (QED) is 0.400. The van der Waals surface area contributed by atoms with Crippen LogP contribution in [0.15, 0.2) is 18.5 Å². The van der Waals surface area contributed by atoms with Gasteiger partial charge in [0, 0.05) is 25.2 Å². The van der Waals surface area contributed by atoms with Gasteiger partial charge in [-0.05, 0) is 25.9 Å². The summed E-state index contributed by atoms with van der Waals surface area (Å²) in [4.78, 5) is 10.2. The minimum atomic E-state index is -0.801. The van der Waals surface area contributed by atoms with Crippen molar-refractivity contribution in [2.24, 2.45) is 5.41 Å². The second kappa shape index (κ2) is 9.32. The standard InChI is InChI=1S/C21H27ClF2N6O/c1-21(2,3)11-25-19-17(18(22)28-20-26-12-27-30(19)20)16-14(23)9-13(10-15(16)24)31-8-6-7-29(4)5/h9-10,12,25H,6-8,11H2,1-5H3. The van der Waals surface area contributed by atoms with Crippen molar-refractivity contribution in [1.82, 2.24) is 24.5 Å². The molecule has 31 heavy (non-hydrogen) atoms. The molecule has 168 valence electrons. The minimum absolute atomic E-state index is 0.0747. The average molecular weight is 453 g/mol. The number of benzene rings is 1. The van der Waals surface area contributed by atoms with Gasteiger partial charge in [-0.3, -0.25) is 0 Å². The van der Waals surface area contributed by atoms with Gasteiger partial charge in [0.1, 0.15) is 34.7 Å². The van der Waals surface area contributed by atoms with Crippen molar-refractivity contribution in [2.45, 2.75) is 27.2 Å². The summed E-state index contributed by atoms with van der Waals surface area (Å²) in [5.74, 6) is -0.937. The van der Waals surface area contributed by atoms with Crippen LogP contribution in [0.5, 0.6) is 5.75 Å². The molecule has 0 fully saturated rings. The van der Waals surface area contributed by atoms with Crippen molar-refractivity contribution >= 4 is 23.2 Å². The van der Waals surface area contributed by atoms with Gasteiger partial charge >= 0.3 is 0 Å². The van der Waals surface area contributed by atoms with E-state index in [9.17, 15) is 0 Å². The first-order chi connectivity index (χ1) is 14.6. The van der Waals surface area contributed by atoms with Crippen LogP contribution in [0.1, 0.15) is 27.2 Å². The molecule has 2 aromatic heterocycles. The van der Waals surface area contributed by atoms with Gasteiger partial charge in [-0.15, -0.1) is 0 Å². The summed E-state index contributed by atoms with van der Waals surface area (Å²) >= 11 is 6.36. The maximum Gasteiger partial charge on any atom is 0.255 e. The number of hydrogen-bond donors (Lipinski definition) is 1. The molecule has 3 rings (SSSR count). The number of aromatic nitrogens is 4. The van der Waals surface area contributed by atoms with E-state index in [2.05, 4.69) is 20.4 Å². The SMILES string of the molecule is CN(C)CCCOc1cc(F)c(-c2c(Cl)nc3ncnn3c2NCC(C)(C)C)c(F)c1. The minimum Gasteiger partial charge on any atom is -0.493 e. The average Bonchev–Trinajstić information content (AvgIpc) is 3.11. The Bertz CT molecular complexity index is 1040. The third-order valence-corrected chi connectivity index (χ3v) is 4.73. The van der Waals surface area contributed by atoms with Crippen molar-refractivity contribution in [2.75, 3.05) is 39.1 Å². The summed E-state index contributed by atoms with van der Waals surface area (Å²) in [6.07, 6.45) is 2.04. The zero-order valence-corrected chi connectivity index (χ0v) is 19.1. The van der Waals surface area contributed by atoms with E-state index in [1.54, 1.807) is 0 Å². The number of fused-ring (bicyclic) bond motifs is 1. The van der Waals surface area contributed by atoms with E-state index in [1.165, 1.54) is 10.8 Å². The van der Waals surface area contributed by atoms with Crippen molar-refractivity contribution < 1.29 is 13.5 Å². The Morgan fingerprint density at radius 3 is 2.45 bits per heavy atom. The lowest BCUT2D eigenvalue weighted by Gasteiger charge is -2.22. The molecule has 0 bridgehead atoms. The van der Waals surface area contributed by atoms with Crippen LogP contribution >= 0.6 is 11.6 Å². The molecular weight excluding hydrogens is 426 g/mol. The fraction of sp³-hybridized carbons (Fsp3) is 0.476. The number of anilines is 1. The van der Waals surface area contributed by atoms with Crippen LogP contribution in [0.3, 0.4) is 0 Å². The molecule has 1 aromatic carbocycles. The van der Waals surface area contributed by atoms with E-state index < -0.39 is 11.6 Å². The van der Waals surface area contributed by atoms with Gasteiger partial charge in [-0.2, -0.15) is 19.6 Å². The highest BCUT2D eigenvalue weighted by molar-refractivity contribution is 6.33. The van der Waals surface area contributed by atoms with E-state index in [1.807, 2.05) is 39.8 Å². The van der Waals surface area contributed by atoms with Gasteiger partial charge in [0.05, 0.1) is 17.7 Å². The van der Waals surface area contributed by atoms with Gasteiger partial charge in [0.25, 0.3) is 5.78 Å². The van der Waals surface area contributed by atoms with Crippen LogP contribution in [-0.2, 0) is 0 Å². The largest absolute Gasteiger partial charge is 0.493 e. The zero-order chi connectivity index (χ0) is 22.8. The summed E-state index contributed by atoms with van der Waals surface area (Å²) in [5.41, 5.74) is -0.327. The number of halogens is 3. The fourth-order valence-corrected chi connectivity index (χ4v) is 3.25. The van der Waals surface area contributed by atoms with E-state index in [-0.39, 0.29) is 33.2 Å². The second-order valence-corrected chi connectivity index (χ2v) is 9.14. The van der Waals surface area contributed by atoms with Crippen molar-refractivity contribution in [3.8, 4) is 16.9 Å². The smallest absolute Gasteiger partial charge is 0.255 e. The van der Waals surface area contributed by atoms with Crippen LogP contribution in [0.2, 0.25) is 5.15 Å². The molecule has 0 aliphatic carbocycles. The lowest BCUT2D eigenvalue weighted by molar-refractivity contribution is 0.279. The summed E-state index contributed by atoms with van der Waals surface area (Å²) in [7, 11) is 3.90. The molecule has 0 unspecified atom stereocenters. The first kappa shape index (κ1) is 23.1. The number of ether oxygens (including phenoxy) is 1. The molecule has 3 aromatic rings. The van der Waals surface area contributed by atoms with E-state index in [4.69, 9.17) is 16.3 Å². The number of nitrogens with zero attached hydrogens (tertiary/aromatic N) is 5. The second-order valence-electron chi connectivity index (χ2n) is 8.78. The van der Waals surface area contributed by atoms with Crippen molar-refractivity contribution in [1.29, 1.82) is 0 Å². The maximum atomic E-state index is 15.1. The molecule has 0 saturated carbocycles. The Morgan fingerprint density at radius 1 is 1.16 bits per heavy atom. The Balaban J connectivity index is 2.01. The third kappa shape index (κ3) is 5.59. The predicted octanol–water partition coefficient (Wildman–Crippen LogP) is 4.51. The molecule has 0 atom stereocenters. The lowest BCUT2D eigenvalue weighted by atomic mass is 9.97. The summed E-state index contributed by atoms with van der Waals surface area (Å²) in [6.45, 7) is 7.76. The van der Waals surface area contributed by atoms with Crippen LogP contribution in [0, 0.1) is 17.0 Å². The molecule has 0 saturated heterocycles. The summed E-state index contributed by atoms with van der Waals surface area (Å²) < 4.78 is 37.1. The summed E-state index contributed by atoms with van der Waals surface area (Å²) in [5, 5.41) is 7.27. The van der Waals surface area contributed by atoms with Crippen LogP contribution in [0.4, 0.5) is 14.6 Å². The fourth-order valence-electron chi connectivity index (χ4n) is 2.99. The molecule has 0 amide bonds. The zero-order valence-electron chi connectivity index (χ0n) is 18.3. The van der Waals surface area contributed by atoms with Gasteiger partial charge in [0.2, 0.25) is 0 Å². The van der Waals surface area contributed by atoms with Gasteiger partial charge in [-0.1, -0.05) is 32.4 Å². The molecule has 2 heterocycles. The molecule has 10 heteroatoms. The van der Waals surface area contributed by atoms with Crippen molar-refractivity contribution in [3.63, 3.8) is 0 Å². The first-order valence-electron chi connectivity index (χ1n) is 9.97. The van der Waals surface area contributed by atoms with Crippen LogP contribution in [-0.4, -0.2) is 58.3 Å². The van der Waals surface area contributed by atoms with Crippen molar-refractivity contribution in [3.05, 3.63) is 35.2 Å². The van der Waals surface area contributed by atoms with E-state index in [0.29, 0.717) is 19.0 Å². The van der Waals surface area contributed by atoms with E-state index >= 15 is 8.78 Å². The molecular formula is C21H27ClF2N6O. The molecule has 0 aliphatic rings. The lowest BCUT2D eigenvalue weighted by Crippen LogP contribution is -2.21. The normalized spacial score (nSPS) is 12.0. The first-order valence-corrected chi connectivity index (χ1v) is 10.3. The van der Waals surface area contributed by atoms with E-state index in [0.717, 1.165) is 25.1 Å². The highest BCUT2D eigenvalue weighted by Crippen LogP contribution is 2.39. The number of nitrogens with one attached hydrogen (secondary N) is 1. The molecule has 1 N–H and O–H groups in total. The summed E-state index contributed by atoms with van der Waals surface area (Å²) in [6, 6.07) is 2.31. The third-order valence-electron chi connectivity index (χ3n) is 4.45. The Kier molecular flexibility index (Phi) is 6.96. The molecule has 0 aliphatic heterocycles. The monoisotopic (exact) mass is 452 g/mol. The Morgan fingerprint density at radius 2 is 1.84 bits per heavy atom. The highest BCUT2D eigenvalue weighted by atomic mass is 35.5. The Hall–Kier alpha value is -2.52. The van der Waals surface area contributed by atoms with Gasteiger partial charge in [0.15, 0.2) is 0 Å². The predicted molar refractivity (Wildman–Crippen MR) is 118 cm³/mol. The molecule has 7 nitrogen and oxygen atoms in total. The highest BCUT2D eigenvalue weighted by Gasteiger charge is 2.25. The number of rotatable bonds is 8. The topological polar surface area (TPSA) is 67.6 Å². The number of hydrogen-bond acceptors (Lipinski definition) is 6. The van der Waals surface area contributed by atoms with Crippen LogP contribution < -0.4 is 10.1 Å².